The van der Waals surface area contributed by atoms with E-state index in [0.717, 1.165) is 0 Å². The molecule has 0 unspecified atom stereocenters. The van der Waals surface area contributed by atoms with Crippen LogP contribution in [0.2, 0.25) is 0 Å². The summed E-state index contributed by atoms with van der Waals surface area (Å²) in [4.78, 5) is 32.1. The van der Waals surface area contributed by atoms with Crippen LogP contribution in [0.4, 0.5) is 0 Å². The number of hydrogen-bond acceptors (Lipinski definition) is 7. The number of aromatic amines is 1. The summed E-state index contributed by atoms with van der Waals surface area (Å²) in [5.41, 5.74) is 0.663. The highest BCUT2D eigenvalue weighted by Gasteiger charge is 2.26. The lowest BCUT2D eigenvalue weighted by Gasteiger charge is -2.33. The predicted molar refractivity (Wildman–Crippen MR) is 100.0 cm³/mol. The van der Waals surface area contributed by atoms with E-state index in [-0.39, 0.29) is 30.2 Å². The minimum Gasteiger partial charge on any atom is -0.384 e. The lowest BCUT2D eigenvalue weighted by atomic mass is 10.2. The number of hydrogen-bond donors (Lipinski definition) is 2. The van der Waals surface area contributed by atoms with Gasteiger partial charge >= 0.3 is 0 Å². The van der Waals surface area contributed by atoms with Crippen molar-refractivity contribution in [2.24, 2.45) is 0 Å². The Morgan fingerprint density at radius 3 is 2.70 bits per heavy atom. The van der Waals surface area contributed by atoms with Crippen molar-refractivity contribution < 1.29 is 17.9 Å². The Kier molecular flexibility index (Phi) is 7.90. The molecular weight excluding hydrogens is 374 g/mol. The van der Waals surface area contributed by atoms with E-state index in [9.17, 15) is 18.0 Å². The van der Waals surface area contributed by atoms with Crippen molar-refractivity contribution in [1.82, 2.24) is 24.5 Å². The number of rotatable bonds is 9. The molecule has 11 heteroatoms. The van der Waals surface area contributed by atoms with Gasteiger partial charge in [-0.05, 0) is 6.92 Å². The molecule has 0 bridgehead atoms. The van der Waals surface area contributed by atoms with Crippen LogP contribution in [-0.4, -0.2) is 92.2 Å². The topological polar surface area (TPSA) is 125 Å². The van der Waals surface area contributed by atoms with Crippen LogP contribution >= 0.6 is 0 Å². The fourth-order valence-corrected chi connectivity index (χ4v) is 4.16. The molecule has 0 saturated carbocycles. The number of nitrogens with zero attached hydrogens (tertiary/aromatic N) is 3. The van der Waals surface area contributed by atoms with Crippen molar-refractivity contribution in [3.8, 4) is 0 Å². The molecule has 1 aromatic rings. The second-order valence-corrected chi connectivity index (χ2v) is 8.47. The van der Waals surface area contributed by atoms with Crippen molar-refractivity contribution in [3.63, 3.8) is 0 Å². The summed E-state index contributed by atoms with van der Waals surface area (Å²) in [6, 6.07) is 0. The Morgan fingerprint density at radius 2 is 2.04 bits per heavy atom. The van der Waals surface area contributed by atoms with E-state index < -0.39 is 10.0 Å². The molecule has 27 heavy (non-hydrogen) atoms. The predicted octanol–water partition coefficient (Wildman–Crippen LogP) is -1.67. The second kappa shape index (κ2) is 9.93. The van der Waals surface area contributed by atoms with E-state index in [1.807, 2.05) is 0 Å². The molecule has 1 aliphatic heterocycles. The van der Waals surface area contributed by atoms with Crippen molar-refractivity contribution in [1.29, 1.82) is 0 Å². The van der Waals surface area contributed by atoms with Crippen molar-refractivity contribution in [2.45, 2.75) is 13.3 Å². The van der Waals surface area contributed by atoms with Crippen LogP contribution in [0.3, 0.4) is 0 Å². The third kappa shape index (κ3) is 6.38. The molecule has 0 aliphatic carbocycles. The van der Waals surface area contributed by atoms with Gasteiger partial charge in [0.15, 0.2) is 0 Å². The van der Waals surface area contributed by atoms with E-state index in [2.05, 4.69) is 20.2 Å². The molecule has 0 spiro atoms. The Balaban J connectivity index is 1.70. The number of amides is 1. The summed E-state index contributed by atoms with van der Waals surface area (Å²) >= 11 is 0. The van der Waals surface area contributed by atoms with E-state index in [4.69, 9.17) is 4.74 Å². The first-order valence-electron chi connectivity index (χ1n) is 8.82. The van der Waals surface area contributed by atoms with E-state index in [1.54, 1.807) is 6.92 Å². The number of nitrogens with one attached hydrogen (secondary N) is 2. The summed E-state index contributed by atoms with van der Waals surface area (Å²) in [6.45, 7) is 5.04. The molecule has 0 aromatic carbocycles. The van der Waals surface area contributed by atoms with Crippen LogP contribution in [0, 0.1) is 6.92 Å². The van der Waals surface area contributed by atoms with Crippen molar-refractivity contribution in [2.75, 3.05) is 58.7 Å². The minimum atomic E-state index is -3.27. The van der Waals surface area contributed by atoms with Crippen LogP contribution in [0.1, 0.15) is 11.3 Å². The number of methoxy groups -OCH3 is 1. The summed E-state index contributed by atoms with van der Waals surface area (Å²) in [6.07, 6.45) is 1.35. The maximum absolute atomic E-state index is 12.1. The third-order valence-corrected chi connectivity index (χ3v) is 6.37. The second-order valence-electron chi connectivity index (χ2n) is 6.38. The highest BCUT2D eigenvalue weighted by Crippen LogP contribution is 2.08. The van der Waals surface area contributed by atoms with Crippen LogP contribution in [0.15, 0.2) is 11.1 Å². The lowest BCUT2D eigenvalue weighted by Crippen LogP contribution is -2.51. The first-order chi connectivity index (χ1) is 12.8. The van der Waals surface area contributed by atoms with Gasteiger partial charge in [0.1, 0.15) is 0 Å². The monoisotopic (exact) mass is 401 g/mol. The summed E-state index contributed by atoms with van der Waals surface area (Å²) in [5, 5.41) is 2.81. The molecule has 0 radical (unpaired) electrons. The maximum Gasteiger partial charge on any atom is 0.253 e. The van der Waals surface area contributed by atoms with Crippen LogP contribution in [0.25, 0.3) is 0 Å². The summed E-state index contributed by atoms with van der Waals surface area (Å²) < 4.78 is 30.6. The van der Waals surface area contributed by atoms with E-state index in [1.165, 1.54) is 17.7 Å². The maximum atomic E-state index is 12.1. The molecule has 1 amide bonds. The average Bonchev–Trinajstić information content (AvgIpc) is 2.64. The number of carbonyl (C=O) groups is 1. The number of sulfonamides is 1. The fourth-order valence-electron chi connectivity index (χ4n) is 2.80. The van der Waals surface area contributed by atoms with E-state index in [0.29, 0.717) is 50.5 Å². The molecular formula is C16H27N5O5S. The van der Waals surface area contributed by atoms with Crippen LogP contribution in [0.5, 0.6) is 0 Å². The molecule has 2 N–H and O–H groups in total. The first-order valence-corrected chi connectivity index (χ1v) is 10.4. The van der Waals surface area contributed by atoms with Gasteiger partial charge in [0.25, 0.3) is 5.56 Å². The largest absolute Gasteiger partial charge is 0.384 e. The van der Waals surface area contributed by atoms with Gasteiger partial charge < -0.3 is 15.0 Å². The zero-order valence-corrected chi connectivity index (χ0v) is 16.5. The van der Waals surface area contributed by atoms with E-state index >= 15 is 0 Å². The normalized spacial score (nSPS) is 16.4. The fraction of sp³-hybridized carbons (Fsp3) is 0.688. The van der Waals surface area contributed by atoms with Gasteiger partial charge in [0.2, 0.25) is 15.9 Å². The number of aromatic nitrogens is 2. The summed E-state index contributed by atoms with van der Waals surface area (Å²) in [7, 11) is -1.79. The zero-order valence-electron chi connectivity index (χ0n) is 15.7. The van der Waals surface area contributed by atoms with Crippen molar-refractivity contribution in [3.05, 3.63) is 27.9 Å². The first kappa shape index (κ1) is 21.5. The van der Waals surface area contributed by atoms with Crippen molar-refractivity contribution >= 4 is 15.9 Å². The van der Waals surface area contributed by atoms with Gasteiger partial charge in [-0.1, -0.05) is 0 Å². The zero-order chi connectivity index (χ0) is 19.9. The molecule has 152 valence electrons. The molecule has 1 aliphatic rings. The highest BCUT2D eigenvalue weighted by atomic mass is 32.2. The van der Waals surface area contributed by atoms with Gasteiger partial charge in [0, 0.05) is 51.9 Å². The number of carbonyl (C=O) groups excluding carboxylic acids is 1. The molecule has 1 fully saturated rings. The SMILES string of the molecule is COCCS(=O)(=O)N1CCN(CCNC(=O)Cc2nc[nH]c(=O)c2C)CC1. The quantitative estimate of drug-likeness (QED) is 0.507. The van der Waals surface area contributed by atoms with Crippen LogP contribution in [-0.2, 0) is 26.0 Å². The van der Waals surface area contributed by atoms with Gasteiger partial charge in [-0.2, -0.15) is 4.31 Å². The average molecular weight is 401 g/mol. The van der Waals surface area contributed by atoms with Gasteiger partial charge in [-0.3, -0.25) is 14.5 Å². The Hall–Kier alpha value is -1.82. The minimum absolute atomic E-state index is 0.00463. The van der Waals surface area contributed by atoms with Gasteiger partial charge in [-0.15, -0.1) is 0 Å². The molecule has 10 nitrogen and oxygen atoms in total. The molecule has 1 aromatic heterocycles. The van der Waals surface area contributed by atoms with Gasteiger partial charge in [0.05, 0.1) is 30.8 Å². The smallest absolute Gasteiger partial charge is 0.253 e. The standard InChI is InChI=1S/C16H27N5O5S/c1-13-14(18-12-19-16(13)23)11-15(22)17-3-4-20-5-7-21(8-6-20)27(24,25)10-9-26-2/h12H,3-11H2,1-2H3,(H,17,22)(H,18,19,23). The Bertz CT molecular complexity index is 787. The highest BCUT2D eigenvalue weighted by molar-refractivity contribution is 7.89. The number of H-pyrrole nitrogens is 1. The Morgan fingerprint density at radius 1 is 1.33 bits per heavy atom. The molecule has 0 atom stereocenters. The molecule has 2 heterocycles. The molecule has 2 rings (SSSR count). The van der Waals surface area contributed by atoms with Gasteiger partial charge in [-0.25, -0.2) is 13.4 Å². The third-order valence-electron chi connectivity index (χ3n) is 4.54. The van der Waals surface area contributed by atoms with Crippen LogP contribution < -0.4 is 10.9 Å². The summed E-state index contributed by atoms with van der Waals surface area (Å²) in [5.74, 6) is -0.202. The molecule has 1 saturated heterocycles. The Labute approximate surface area is 159 Å². The number of ether oxygens (including phenoxy) is 1. The lowest BCUT2D eigenvalue weighted by molar-refractivity contribution is -0.120. The number of piperazine rings is 1.